The molecule has 0 spiro atoms. The average Bonchev–Trinajstić information content (AvgIpc) is 3.17. The molecule has 1 atom stereocenters. The molecular formula is C27H25N3O3. The molecular weight excluding hydrogens is 414 g/mol. The summed E-state index contributed by atoms with van der Waals surface area (Å²) in [5.74, 6) is 0.118. The van der Waals surface area contributed by atoms with Crippen molar-refractivity contribution in [2.24, 2.45) is 0 Å². The van der Waals surface area contributed by atoms with Gasteiger partial charge in [-0.25, -0.2) is 14.5 Å². The van der Waals surface area contributed by atoms with Crippen molar-refractivity contribution >= 4 is 16.9 Å². The third kappa shape index (κ3) is 3.67. The first-order chi connectivity index (χ1) is 16.1. The molecule has 0 unspecified atom stereocenters. The van der Waals surface area contributed by atoms with Gasteiger partial charge in [-0.05, 0) is 37.6 Å². The van der Waals surface area contributed by atoms with Gasteiger partial charge >= 0.3 is 5.97 Å². The molecule has 1 aliphatic heterocycles. The van der Waals surface area contributed by atoms with Crippen LogP contribution in [0.4, 0.5) is 0 Å². The van der Waals surface area contributed by atoms with E-state index in [1.807, 2.05) is 67.6 Å². The Bertz CT molecular complexity index is 1360. The van der Waals surface area contributed by atoms with Crippen LogP contribution in [0.5, 0.6) is 11.8 Å². The van der Waals surface area contributed by atoms with Crippen LogP contribution in [-0.2, 0) is 9.53 Å². The molecule has 0 N–H and O–H groups in total. The number of aryl methyl sites for hydroxylation is 1. The average molecular weight is 440 g/mol. The number of unbranched alkanes of at least 4 members (excludes halogenated alkanes) is 1. The number of hydrogen-bond donors (Lipinski definition) is 0. The van der Waals surface area contributed by atoms with E-state index < -0.39 is 11.9 Å². The third-order valence-electron chi connectivity index (χ3n) is 5.91. The molecule has 0 aliphatic carbocycles. The number of aromatic nitrogens is 3. The van der Waals surface area contributed by atoms with Gasteiger partial charge in [0, 0.05) is 16.5 Å². The fourth-order valence-electron chi connectivity index (χ4n) is 4.22. The Labute approximate surface area is 192 Å². The van der Waals surface area contributed by atoms with Gasteiger partial charge in [0.2, 0.25) is 11.8 Å². The van der Waals surface area contributed by atoms with Crippen LogP contribution in [-0.4, -0.2) is 27.3 Å². The number of nitrogens with zero attached hydrogens (tertiary/aromatic N) is 3. The number of fused-ring (bicyclic) bond motifs is 3. The Morgan fingerprint density at radius 2 is 1.91 bits per heavy atom. The maximum Gasteiger partial charge on any atom is 0.334 e. The van der Waals surface area contributed by atoms with Crippen molar-refractivity contribution in [3.05, 3.63) is 89.6 Å². The van der Waals surface area contributed by atoms with Gasteiger partial charge in [0.05, 0.1) is 35.0 Å². The Balaban J connectivity index is 1.67. The van der Waals surface area contributed by atoms with Crippen LogP contribution in [0.15, 0.2) is 72.8 Å². The topological polar surface area (TPSA) is 66.2 Å². The predicted octanol–water partition coefficient (Wildman–Crippen LogP) is 5.87. The quantitative estimate of drug-likeness (QED) is 0.214. The number of carbonyl (C=O) groups excluding carboxylic acids is 1. The van der Waals surface area contributed by atoms with Gasteiger partial charge in [0.25, 0.3) is 0 Å². The summed E-state index contributed by atoms with van der Waals surface area (Å²) in [6.07, 6.45) is 1.76. The minimum Gasteiger partial charge on any atom is -0.462 e. The van der Waals surface area contributed by atoms with Gasteiger partial charge in [-0.3, -0.25) is 0 Å². The molecule has 0 saturated carbocycles. The van der Waals surface area contributed by atoms with Crippen molar-refractivity contribution in [1.29, 1.82) is 0 Å². The van der Waals surface area contributed by atoms with Gasteiger partial charge in [-0.1, -0.05) is 56.3 Å². The normalized spacial score (nSPS) is 14.3. The second-order valence-electron chi connectivity index (χ2n) is 8.18. The van der Waals surface area contributed by atoms with Crippen LogP contribution >= 0.6 is 0 Å². The summed E-state index contributed by atoms with van der Waals surface area (Å²) in [6.45, 7) is 8.51. The Morgan fingerprint density at radius 3 is 2.70 bits per heavy atom. The summed E-state index contributed by atoms with van der Waals surface area (Å²) in [4.78, 5) is 17.7. The first-order valence-corrected chi connectivity index (χ1v) is 11.2. The van der Waals surface area contributed by atoms with E-state index in [9.17, 15) is 4.79 Å². The number of pyridine rings is 1. The summed E-state index contributed by atoms with van der Waals surface area (Å²) in [5, 5.41) is 5.72. The van der Waals surface area contributed by atoms with Gasteiger partial charge in [-0.15, -0.1) is 0 Å². The van der Waals surface area contributed by atoms with Crippen LogP contribution < -0.4 is 4.74 Å². The minimum atomic E-state index is -0.465. The zero-order chi connectivity index (χ0) is 22.9. The second-order valence-corrected chi connectivity index (χ2v) is 8.18. The highest BCUT2D eigenvalue weighted by Crippen LogP contribution is 2.49. The lowest BCUT2D eigenvalue weighted by Crippen LogP contribution is -2.20. The summed E-state index contributed by atoms with van der Waals surface area (Å²) in [5.41, 5.74) is 4.39. The van der Waals surface area contributed by atoms with Crippen LogP contribution in [0.2, 0.25) is 0 Å². The van der Waals surface area contributed by atoms with Crippen molar-refractivity contribution in [1.82, 2.24) is 14.8 Å². The van der Waals surface area contributed by atoms with E-state index in [-0.39, 0.29) is 0 Å². The first-order valence-electron chi connectivity index (χ1n) is 11.2. The van der Waals surface area contributed by atoms with Gasteiger partial charge in [0.1, 0.15) is 0 Å². The van der Waals surface area contributed by atoms with Gasteiger partial charge in [-0.2, -0.15) is 5.10 Å². The lowest BCUT2D eigenvalue weighted by Gasteiger charge is -2.27. The number of hydrogen-bond acceptors (Lipinski definition) is 5. The van der Waals surface area contributed by atoms with E-state index in [0.717, 1.165) is 46.3 Å². The summed E-state index contributed by atoms with van der Waals surface area (Å²) in [7, 11) is 0. The van der Waals surface area contributed by atoms with Crippen molar-refractivity contribution in [2.75, 3.05) is 6.61 Å². The lowest BCUT2D eigenvalue weighted by atomic mass is 9.84. The Morgan fingerprint density at radius 1 is 1.15 bits per heavy atom. The molecule has 6 nitrogen and oxygen atoms in total. The molecule has 33 heavy (non-hydrogen) atoms. The van der Waals surface area contributed by atoms with Crippen LogP contribution in [0.3, 0.4) is 0 Å². The van der Waals surface area contributed by atoms with E-state index in [4.69, 9.17) is 19.6 Å². The Hall–Kier alpha value is -3.93. The molecule has 0 amide bonds. The molecule has 2 aromatic heterocycles. The van der Waals surface area contributed by atoms with E-state index in [0.29, 0.717) is 23.9 Å². The van der Waals surface area contributed by atoms with Crippen molar-refractivity contribution in [3.8, 4) is 17.4 Å². The highest BCUT2D eigenvalue weighted by molar-refractivity contribution is 5.92. The summed E-state index contributed by atoms with van der Waals surface area (Å²) >= 11 is 0. The number of ether oxygens (including phenoxy) is 2. The standard InChI is InChI=1S/C27H25N3O3/c1-4-5-15-32-27(31)17(2)23-21-16-19-11-9-10-14-22(19)28-25(21)33-26-24(23)18(3)29-30(26)20-12-7-6-8-13-20/h6-14,16,23H,2,4-5,15H2,1,3H3/t23-/m0/s1. The van der Waals surface area contributed by atoms with E-state index in [1.165, 1.54) is 0 Å². The molecule has 1 aliphatic rings. The molecule has 3 heterocycles. The smallest absolute Gasteiger partial charge is 0.334 e. The predicted molar refractivity (Wildman–Crippen MR) is 127 cm³/mol. The number of rotatable bonds is 6. The second kappa shape index (κ2) is 8.54. The molecule has 6 heteroatoms. The van der Waals surface area contributed by atoms with E-state index >= 15 is 0 Å². The van der Waals surface area contributed by atoms with Gasteiger partial charge in [0.15, 0.2) is 0 Å². The molecule has 0 radical (unpaired) electrons. The highest BCUT2D eigenvalue weighted by atomic mass is 16.5. The molecule has 0 saturated heterocycles. The molecule has 0 bridgehead atoms. The fraction of sp³-hybridized carbons (Fsp3) is 0.222. The van der Waals surface area contributed by atoms with E-state index in [1.54, 1.807) is 4.68 Å². The van der Waals surface area contributed by atoms with Crippen molar-refractivity contribution < 1.29 is 14.3 Å². The largest absolute Gasteiger partial charge is 0.462 e. The zero-order valence-corrected chi connectivity index (χ0v) is 18.7. The maximum atomic E-state index is 13.0. The van der Waals surface area contributed by atoms with Crippen LogP contribution in [0.25, 0.3) is 16.6 Å². The molecule has 2 aromatic carbocycles. The molecule has 4 aromatic rings. The number of esters is 1. The highest BCUT2D eigenvalue weighted by Gasteiger charge is 2.38. The number of para-hydroxylation sites is 2. The fourth-order valence-corrected chi connectivity index (χ4v) is 4.22. The molecule has 0 fully saturated rings. The zero-order valence-electron chi connectivity index (χ0n) is 18.7. The van der Waals surface area contributed by atoms with Crippen molar-refractivity contribution in [3.63, 3.8) is 0 Å². The number of benzene rings is 2. The Kier molecular flexibility index (Phi) is 5.42. The molecule has 5 rings (SSSR count). The number of carbonyl (C=O) groups is 1. The SMILES string of the molecule is C=C(C(=O)OCCCC)[C@H]1c2cc3ccccc3nc2Oc2c1c(C)nn2-c1ccccc1. The summed E-state index contributed by atoms with van der Waals surface area (Å²) < 4.78 is 13.6. The monoisotopic (exact) mass is 439 g/mol. The first kappa shape index (κ1) is 20.9. The van der Waals surface area contributed by atoms with Crippen LogP contribution in [0.1, 0.15) is 42.5 Å². The van der Waals surface area contributed by atoms with Crippen molar-refractivity contribution in [2.45, 2.75) is 32.6 Å². The maximum absolute atomic E-state index is 13.0. The lowest BCUT2D eigenvalue weighted by molar-refractivity contribution is -0.139. The molecule has 166 valence electrons. The minimum absolute atomic E-state index is 0.352. The van der Waals surface area contributed by atoms with E-state index in [2.05, 4.69) is 13.5 Å². The van der Waals surface area contributed by atoms with Gasteiger partial charge < -0.3 is 9.47 Å². The van der Waals surface area contributed by atoms with Crippen LogP contribution in [0, 0.1) is 6.92 Å². The summed E-state index contributed by atoms with van der Waals surface area (Å²) in [6, 6.07) is 19.6. The third-order valence-corrected chi connectivity index (χ3v) is 5.91.